The molecule has 0 aromatic heterocycles. The maximum absolute atomic E-state index is 5.81. The molecule has 120 valence electrons. The maximum atomic E-state index is 5.81. The summed E-state index contributed by atoms with van der Waals surface area (Å²) < 4.78 is 0. The van der Waals surface area contributed by atoms with Crippen molar-refractivity contribution in [2.45, 2.75) is 0 Å². The summed E-state index contributed by atoms with van der Waals surface area (Å²) in [5.41, 5.74) is 0.990. The molecule has 1 aliphatic heterocycles. The first-order valence-electron chi connectivity index (χ1n) is 6.56. The summed E-state index contributed by atoms with van der Waals surface area (Å²) in [6.45, 7) is 6.06. The average Bonchev–Trinajstić information content (AvgIpc) is 2.43. The number of likely N-dealkylation sites (N-methyl/N-ethyl adjacent to an activating group) is 1. The zero-order chi connectivity index (χ0) is 13.5. The molecule has 1 saturated heterocycles. The molecule has 0 spiro atoms. The summed E-state index contributed by atoms with van der Waals surface area (Å²) in [7, 11) is 2.16. The number of hydrogen-bond donors (Lipinski definition) is 0. The zero-order valence-corrected chi connectivity index (χ0v) is 14.5. The smallest absolute Gasteiger partial charge is 0.129 e. The van der Waals surface area contributed by atoms with E-state index in [0.717, 1.165) is 43.3 Å². The van der Waals surface area contributed by atoms with Crippen LogP contribution in [0.25, 0.3) is 0 Å². The first kappa shape index (κ1) is 20.5. The van der Waals surface area contributed by atoms with Crippen LogP contribution in [-0.2, 0) is 4.84 Å². The molecule has 1 aromatic carbocycles. The minimum atomic E-state index is 0. The predicted octanol–water partition coefficient (Wildman–Crippen LogP) is 2.78. The van der Waals surface area contributed by atoms with E-state index in [1.54, 1.807) is 6.21 Å². The Kier molecular flexibility index (Phi) is 10.8. The van der Waals surface area contributed by atoms with E-state index >= 15 is 0 Å². The van der Waals surface area contributed by atoms with Crippen LogP contribution in [-0.4, -0.2) is 62.4 Å². The van der Waals surface area contributed by atoms with Gasteiger partial charge in [-0.25, -0.2) is 0 Å². The Bertz CT molecular complexity index is 406. The van der Waals surface area contributed by atoms with E-state index in [1.165, 1.54) is 0 Å². The van der Waals surface area contributed by atoms with Gasteiger partial charge in [0.25, 0.3) is 0 Å². The van der Waals surface area contributed by atoms with Gasteiger partial charge in [0.2, 0.25) is 0 Å². The Morgan fingerprint density at radius 2 is 1.76 bits per heavy atom. The molecule has 0 bridgehead atoms. The van der Waals surface area contributed by atoms with Gasteiger partial charge in [0.15, 0.2) is 0 Å². The van der Waals surface area contributed by atoms with Crippen LogP contribution in [0.4, 0.5) is 0 Å². The Morgan fingerprint density at radius 1 is 1.14 bits per heavy atom. The number of benzene rings is 1. The lowest BCUT2D eigenvalue weighted by Gasteiger charge is -2.31. The van der Waals surface area contributed by atoms with E-state index in [-0.39, 0.29) is 24.8 Å². The van der Waals surface area contributed by atoms with Gasteiger partial charge in [-0.3, -0.25) is 4.90 Å². The molecule has 0 amide bonds. The largest absolute Gasteiger partial charge is 0.394 e. The third-order valence-electron chi connectivity index (χ3n) is 3.24. The van der Waals surface area contributed by atoms with Gasteiger partial charge < -0.3 is 9.74 Å². The van der Waals surface area contributed by atoms with Crippen LogP contribution in [0.5, 0.6) is 0 Å². The molecule has 0 radical (unpaired) electrons. The molecule has 0 unspecified atom stereocenters. The van der Waals surface area contributed by atoms with Gasteiger partial charge in [0, 0.05) is 37.7 Å². The highest BCUT2D eigenvalue weighted by molar-refractivity contribution is 6.30. The average molecular weight is 355 g/mol. The van der Waals surface area contributed by atoms with Crippen molar-refractivity contribution in [3.05, 3.63) is 34.9 Å². The SMILES string of the molecule is CN1CCN(CCON=Cc2ccc(Cl)cc2)CC1.Cl.Cl. The highest BCUT2D eigenvalue weighted by Gasteiger charge is 2.12. The zero-order valence-electron chi connectivity index (χ0n) is 12.1. The van der Waals surface area contributed by atoms with E-state index in [9.17, 15) is 0 Å². The topological polar surface area (TPSA) is 28.1 Å². The summed E-state index contributed by atoms with van der Waals surface area (Å²) in [5, 5.41) is 4.70. The quantitative estimate of drug-likeness (QED) is 0.462. The first-order valence-corrected chi connectivity index (χ1v) is 6.93. The molecule has 2 rings (SSSR count). The number of piperazine rings is 1. The van der Waals surface area contributed by atoms with Gasteiger partial charge in [-0.2, -0.15) is 0 Å². The Hall–Kier alpha value is -0.520. The van der Waals surface area contributed by atoms with Crippen LogP contribution in [0.15, 0.2) is 29.4 Å². The number of nitrogens with zero attached hydrogens (tertiary/aromatic N) is 3. The minimum Gasteiger partial charge on any atom is -0.394 e. The van der Waals surface area contributed by atoms with Crippen LogP contribution in [0.2, 0.25) is 5.02 Å². The molecule has 0 saturated carbocycles. The van der Waals surface area contributed by atoms with Crippen molar-refractivity contribution in [3.63, 3.8) is 0 Å². The van der Waals surface area contributed by atoms with Crippen molar-refractivity contribution in [2.24, 2.45) is 5.16 Å². The number of halogens is 3. The van der Waals surface area contributed by atoms with Crippen LogP contribution >= 0.6 is 36.4 Å². The lowest BCUT2D eigenvalue weighted by molar-refractivity contribution is 0.0868. The van der Waals surface area contributed by atoms with Crippen LogP contribution in [0, 0.1) is 0 Å². The Morgan fingerprint density at radius 3 is 2.38 bits per heavy atom. The van der Waals surface area contributed by atoms with Crippen molar-refractivity contribution >= 4 is 42.6 Å². The molecule has 4 nitrogen and oxygen atoms in total. The van der Waals surface area contributed by atoms with E-state index < -0.39 is 0 Å². The third kappa shape index (κ3) is 7.88. The molecule has 0 N–H and O–H groups in total. The summed E-state index contributed by atoms with van der Waals surface area (Å²) in [5.74, 6) is 0. The number of rotatable bonds is 5. The Labute approximate surface area is 143 Å². The van der Waals surface area contributed by atoms with Crippen LogP contribution in [0.1, 0.15) is 5.56 Å². The van der Waals surface area contributed by atoms with Crippen molar-refractivity contribution in [3.8, 4) is 0 Å². The first-order chi connectivity index (χ1) is 9.24. The number of hydrogen-bond acceptors (Lipinski definition) is 4. The van der Waals surface area contributed by atoms with Crippen molar-refractivity contribution < 1.29 is 4.84 Å². The molecule has 7 heteroatoms. The fourth-order valence-corrected chi connectivity index (χ4v) is 2.07. The molecule has 0 aliphatic carbocycles. The fraction of sp³-hybridized carbons (Fsp3) is 0.500. The predicted molar refractivity (Wildman–Crippen MR) is 93.4 cm³/mol. The van der Waals surface area contributed by atoms with E-state index in [4.69, 9.17) is 16.4 Å². The highest BCUT2D eigenvalue weighted by atomic mass is 35.5. The van der Waals surface area contributed by atoms with Crippen LogP contribution < -0.4 is 0 Å². The van der Waals surface area contributed by atoms with E-state index in [0.29, 0.717) is 6.61 Å². The van der Waals surface area contributed by atoms with E-state index in [2.05, 4.69) is 22.0 Å². The lowest BCUT2D eigenvalue weighted by atomic mass is 10.2. The molecule has 1 heterocycles. The van der Waals surface area contributed by atoms with Gasteiger partial charge in [0.05, 0.1) is 6.21 Å². The summed E-state index contributed by atoms with van der Waals surface area (Å²) in [4.78, 5) is 10.0. The van der Waals surface area contributed by atoms with Crippen molar-refractivity contribution in [1.29, 1.82) is 0 Å². The molecule has 1 aromatic rings. The van der Waals surface area contributed by atoms with Gasteiger partial charge >= 0.3 is 0 Å². The summed E-state index contributed by atoms with van der Waals surface area (Å²) >= 11 is 5.81. The molecular formula is C14H22Cl3N3O. The molecule has 1 aliphatic rings. The van der Waals surface area contributed by atoms with E-state index in [1.807, 2.05) is 24.3 Å². The monoisotopic (exact) mass is 353 g/mol. The van der Waals surface area contributed by atoms with Crippen molar-refractivity contribution in [1.82, 2.24) is 9.80 Å². The van der Waals surface area contributed by atoms with Gasteiger partial charge in [-0.15, -0.1) is 24.8 Å². The standard InChI is InChI=1S/C14H20ClN3O.2ClH/c1-17-6-8-18(9-7-17)10-11-19-16-12-13-2-4-14(15)5-3-13;;/h2-5,12H,6-11H2,1H3;2*1H. The second-order valence-corrected chi connectivity index (χ2v) is 5.20. The van der Waals surface area contributed by atoms with Gasteiger partial charge in [-0.05, 0) is 24.7 Å². The van der Waals surface area contributed by atoms with Gasteiger partial charge in [-0.1, -0.05) is 28.9 Å². The Balaban J connectivity index is 0.00000200. The summed E-state index contributed by atoms with van der Waals surface area (Å²) in [6, 6.07) is 7.51. The molecule has 21 heavy (non-hydrogen) atoms. The number of oxime groups is 1. The minimum absolute atomic E-state index is 0. The third-order valence-corrected chi connectivity index (χ3v) is 3.49. The van der Waals surface area contributed by atoms with Crippen LogP contribution in [0.3, 0.4) is 0 Å². The molecule has 0 atom stereocenters. The summed E-state index contributed by atoms with van der Waals surface area (Å²) in [6.07, 6.45) is 1.71. The molecular weight excluding hydrogens is 333 g/mol. The second kappa shape index (κ2) is 11.1. The normalized spacial score (nSPS) is 16.3. The second-order valence-electron chi connectivity index (χ2n) is 4.76. The molecule has 1 fully saturated rings. The maximum Gasteiger partial charge on any atom is 0.129 e. The van der Waals surface area contributed by atoms with Crippen molar-refractivity contribution in [2.75, 3.05) is 46.4 Å². The highest BCUT2D eigenvalue weighted by Crippen LogP contribution is 2.07. The van der Waals surface area contributed by atoms with Gasteiger partial charge in [0.1, 0.15) is 6.61 Å². The fourth-order valence-electron chi connectivity index (χ4n) is 1.94. The lowest BCUT2D eigenvalue weighted by Crippen LogP contribution is -2.45.